The molecule has 0 amide bonds. The van der Waals surface area contributed by atoms with Crippen molar-refractivity contribution in [3.8, 4) is 11.3 Å². The van der Waals surface area contributed by atoms with Gasteiger partial charge in [0, 0.05) is 24.2 Å². The second-order valence-corrected chi connectivity index (χ2v) is 3.37. The summed E-state index contributed by atoms with van der Waals surface area (Å²) < 4.78 is 0.502. The van der Waals surface area contributed by atoms with E-state index in [9.17, 15) is 0 Å². The quantitative estimate of drug-likeness (QED) is 0.724. The average Bonchev–Trinajstić information content (AvgIpc) is 2.23. The van der Waals surface area contributed by atoms with Gasteiger partial charge in [-0.2, -0.15) is 0 Å². The highest BCUT2D eigenvalue weighted by molar-refractivity contribution is 7.71. The SMILES string of the molecule is Cc1cnc(=S)[nH]c1-c1ccncc1. The van der Waals surface area contributed by atoms with E-state index in [-0.39, 0.29) is 0 Å². The summed E-state index contributed by atoms with van der Waals surface area (Å²) in [5.41, 5.74) is 3.16. The van der Waals surface area contributed by atoms with E-state index in [4.69, 9.17) is 12.2 Å². The topological polar surface area (TPSA) is 41.6 Å². The Morgan fingerprint density at radius 1 is 1.29 bits per heavy atom. The van der Waals surface area contributed by atoms with Crippen LogP contribution in [0.25, 0.3) is 11.3 Å². The maximum atomic E-state index is 4.98. The van der Waals surface area contributed by atoms with Gasteiger partial charge < -0.3 is 4.98 Å². The van der Waals surface area contributed by atoms with Crippen LogP contribution >= 0.6 is 12.2 Å². The fraction of sp³-hybridized carbons (Fsp3) is 0.100. The fourth-order valence-corrected chi connectivity index (χ4v) is 1.43. The molecule has 0 radical (unpaired) electrons. The average molecular weight is 203 g/mol. The molecule has 14 heavy (non-hydrogen) atoms. The van der Waals surface area contributed by atoms with Crippen LogP contribution in [0.1, 0.15) is 5.56 Å². The van der Waals surface area contributed by atoms with Crippen molar-refractivity contribution in [3.05, 3.63) is 41.1 Å². The Hall–Kier alpha value is -1.55. The lowest BCUT2D eigenvalue weighted by Gasteiger charge is -2.04. The van der Waals surface area contributed by atoms with Gasteiger partial charge in [0.1, 0.15) is 0 Å². The highest BCUT2D eigenvalue weighted by Gasteiger charge is 2.00. The molecule has 0 bridgehead atoms. The number of rotatable bonds is 1. The minimum absolute atomic E-state index is 0.502. The Bertz CT molecular complexity index is 490. The first-order chi connectivity index (χ1) is 6.77. The molecule has 3 nitrogen and oxygen atoms in total. The Morgan fingerprint density at radius 2 is 2.00 bits per heavy atom. The minimum Gasteiger partial charge on any atom is -0.330 e. The number of pyridine rings is 1. The summed E-state index contributed by atoms with van der Waals surface area (Å²) in [6.45, 7) is 1.99. The van der Waals surface area contributed by atoms with Gasteiger partial charge in [-0.1, -0.05) is 0 Å². The van der Waals surface area contributed by atoms with E-state index in [0.29, 0.717) is 4.77 Å². The standard InChI is InChI=1S/C10H9N3S/c1-7-6-12-10(14)13-9(7)8-2-4-11-5-3-8/h2-6H,1H3,(H,12,13,14). The van der Waals surface area contributed by atoms with Crippen LogP contribution in [0, 0.1) is 11.7 Å². The molecule has 0 unspecified atom stereocenters. The number of hydrogen-bond acceptors (Lipinski definition) is 3. The van der Waals surface area contributed by atoms with Crippen molar-refractivity contribution >= 4 is 12.2 Å². The number of aromatic nitrogens is 3. The van der Waals surface area contributed by atoms with E-state index in [0.717, 1.165) is 16.8 Å². The zero-order valence-electron chi connectivity index (χ0n) is 7.69. The van der Waals surface area contributed by atoms with Crippen LogP contribution < -0.4 is 0 Å². The van der Waals surface area contributed by atoms with Crippen molar-refractivity contribution < 1.29 is 0 Å². The summed E-state index contributed by atoms with van der Waals surface area (Å²) in [4.78, 5) is 11.0. The third-order valence-corrected chi connectivity index (χ3v) is 2.18. The van der Waals surface area contributed by atoms with Crippen LogP contribution in [-0.2, 0) is 0 Å². The first kappa shape index (κ1) is 9.02. The summed E-state index contributed by atoms with van der Waals surface area (Å²) in [5.74, 6) is 0. The van der Waals surface area contributed by atoms with Crippen LogP contribution in [0.5, 0.6) is 0 Å². The molecule has 2 rings (SSSR count). The normalized spacial score (nSPS) is 10.1. The first-order valence-electron chi connectivity index (χ1n) is 4.24. The van der Waals surface area contributed by atoms with Crippen molar-refractivity contribution in [2.45, 2.75) is 6.92 Å². The Kier molecular flexibility index (Phi) is 2.37. The summed E-state index contributed by atoms with van der Waals surface area (Å²) in [6, 6.07) is 3.88. The van der Waals surface area contributed by atoms with E-state index in [1.807, 2.05) is 19.1 Å². The van der Waals surface area contributed by atoms with Crippen molar-refractivity contribution in [3.63, 3.8) is 0 Å². The first-order valence-corrected chi connectivity index (χ1v) is 4.64. The van der Waals surface area contributed by atoms with Gasteiger partial charge in [0.05, 0.1) is 5.69 Å². The van der Waals surface area contributed by atoms with Gasteiger partial charge in [0.2, 0.25) is 0 Å². The Balaban J connectivity index is 2.62. The molecule has 0 aliphatic heterocycles. The molecule has 0 aromatic carbocycles. The molecule has 1 N–H and O–H groups in total. The van der Waals surface area contributed by atoms with Gasteiger partial charge in [-0.15, -0.1) is 0 Å². The lowest BCUT2D eigenvalue weighted by molar-refractivity contribution is 1.10. The molecule has 4 heteroatoms. The summed E-state index contributed by atoms with van der Waals surface area (Å²) in [7, 11) is 0. The fourth-order valence-electron chi connectivity index (χ4n) is 1.28. The van der Waals surface area contributed by atoms with E-state index in [1.54, 1.807) is 18.6 Å². The van der Waals surface area contributed by atoms with E-state index < -0.39 is 0 Å². The number of aromatic amines is 1. The Labute approximate surface area is 86.9 Å². The number of nitrogens with one attached hydrogen (secondary N) is 1. The highest BCUT2D eigenvalue weighted by atomic mass is 32.1. The Morgan fingerprint density at radius 3 is 2.71 bits per heavy atom. The molecule has 2 aromatic heterocycles. The van der Waals surface area contributed by atoms with E-state index in [1.165, 1.54) is 0 Å². The lowest BCUT2D eigenvalue weighted by atomic mass is 10.1. The van der Waals surface area contributed by atoms with Crippen molar-refractivity contribution in [2.75, 3.05) is 0 Å². The molecule has 0 atom stereocenters. The number of H-pyrrole nitrogens is 1. The second-order valence-electron chi connectivity index (χ2n) is 2.98. The summed E-state index contributed by atoms with van der Waals surface area (Å²) >= 11 is 4.98. The monoisotopic (exact) mass is 203 g/mol. The smallest absolute Gasteiger partial charge is 0.197 e. The molecule has 0 aliphatic rings. The van der Waals surface area contributed by atoms with E-state index >= 15 is 0 Å². The van der Waals surface area contributed by atoms with Crippen molar-refractivity contribution in [1.29, 1.82) is 0 Å². The summed E-state index contributed by atoms with van der Waals surface area (Å²) in [6.07, 6.45) is 5.28. The molecule has 0 aliphatic carbocycles. The van der Waals surface area contributed by atoms with Gasteiger partial charge in [0.15, 0.2) is 4.77 Å². The maximum Gasteiger partial charge on any atom is 0.197 e. The molecule has 2 heterocycles. The lowest BCUT2D eigenvalue weighted by Crippen LogP contribution is -1.91. The van der Waals surface area contributed by atoms with Crippen LogP contribution in [0.4, 0.5) is 0 Å². The van der Waals surface area contributed by atoms with Gasteiger partial charge in [-0.05, 0) is 36.8 Å². The zero-order chi connectivity index (χ0) is 9.97. The number of nitrogens with zero attached hydrogens (tertiary/aromatic N) is 2. The molecule has 2 aromatic rings. The van der Waals surface area contributed by atoms with Crippen LogP contribution in [0.15, 0.2) is 30.7 Å². The van der Waals surface area contributed by atoms with E-state index in [2.05, 4.69) is 15.0 Å². The molecule has 0 spiro atoms. The summed E-state index contributed by atoms with van der Waals surface area (Å²) in [5, 5.41) is 0. The number of aryl methyl sites for hydroxylation is 1. The maximum absolute atomic E-state index is 4.98. The van der Waals surface area contributed by atoms with Crippen molar-refractivity contribution in [2.24, 2.45) is 0 Å². The molecule has 0 saturated carbocycles. The minimum atomic E-state index is 0.502. The highest BCUT2D eigenvalue weighted by Crippen LogP contribution is 2.18. The van der Waals surface area contributed by atoms with Gasteiger partial charge in [-0.3, -0.25) is 4.98 Å². The third-order valence-electron chi connectivity index (χ3n) is 1.97. The predicted molar refractivity (Wildman–Crippen MR) is 57.4 cm³/mol. The van der Waals surface area contributed by atoms with Crippen molar-refractivity contribution in [1.82, 2.24) is 15.0 Å². The van der Waals surface area contributed by atoms with Gasteiger partial charge in [-0.25, -0.2) is 4.98 Å². The van der Waals surface area contributed by atoms with Gasteiger partial charge in [0.25, 0.3) is 0 Å². The molecule has 0 fully saturated rings. The van der Waals surface area contributed by atoms with Gasteiger partial charge >= 0.3 is 0 Å². The molecular formula is C10H9N3S. The van der Waals surface area contributed by atoms with Crippen LogP contribution in [-0.4, -0.2) is 15.0 Å². The van der Waals surface area contributed by atoms with Crippen LogP contribution in [0.3, 0.4) is 0 Å². The molecule has 70 valence electrons. The second kappa shape index (κ2) is 3.67. The largest absolute Gasteiger partial charge is 0.330 e. The number of hydrogen-bond donors (Lipinski definition) is 1. The van der Waals surface area contributed by atoms with Crippen LogP contribution in [0.2, 0.25) is 0 Å². The zero-order valence-corrected chi connectivity index (χ0v) is 8.51. The third kappa shape index (κ3) is 1.70. The molecular weight excluding hydrogens is 194 g/mol. The molecule has 0 saturated heterocycles. The predicted octanol–water partition coefficient (Wildman–Crippen LogP) is 2.51.